The van der Waals surface area contributed by atoms with Crippen molar-refractivity contribution in [3.63, 3.8) is 0 Å². The Labute approximate surface area is 322 Å². The van der Waals surface area contributed by atoms with Crippen LogP contribution in [0, 0.1) is 22.0 Å². The van der Waals surface area contributed by atoms with Gasteiger partial charge in [-0.05, 0) is 31.0 Å². The lowest BCUT2D eigenvalue weighted by Crippen LogP contribution is -2.63. The molecule has 4 aliphatic heterocycles. The molecule has 19 heteroatoms. The quantitative estimate of drug-likeness (QED) is 0.114. The van der Waals surface area contributed by atoms with Crippen LogP contribution < -0.4 is 0 Å². The van der Waals surface area contributed by atoms with E-state index < -0.39 is 41.0 Å². The van der Waals surface area contributed by atoms with Crippen molar-refractivity contribution >= 4 is 59.1 Å². The number of aliphatic carboxylic acids is 1. The summed E-state index contributed by atoms with van der Waals surface area (Å²) in [5, 5.41) is 31.1. The minimum absolute atomic E-state index is 0.0883. The van der Waals surface area contributed by atoms with Crippen molar-refractivity contribution in [1.29, 1.82) is 0 Å². The van der Waals surface area contributed by atoms with Gasteiger partial charge in [0.1, 0.15) is 12.3 Å². The van der Waals surface area contributed by atoms with E-state index >= 15 is 0 Å². The molecule has 1 unspecified atom stereocenters. The molecule has 4 aliphatic rings. The van der Waals surface area contributed by atoms with Gasteiger partial charge < -0.3 is 34.4 Å². The molecule has 6 atom stereocenters. The minimum Gasteiger partial charge on any atom is -0.477 e. The predicted octanol–water partition coefficient (Wildman–Crippen LogP) is 2.53. The van der Waals surface area contributed by atoms with Gasteiger partial charge in [-0.3, -0.25) is 29.5 Å². The SMILES string of the molecule is COCCN1CCN(C(=O)N(C)C(=O)CCSC[C@@H]2C[C@H](SC3=C(C(=O)O)N4C(=O)[C@@H](C(C)O)[C@H]4[C@H]3C)CN2C(=O)OCc2ccc([N+](=O)[O-])cc2)CC1. The lowest BCUT2D eigenvalue weighted by Gasteiger charge is -2.46. The third-order valence-corrected chi connectivity index (χ3v) is 13.0. The number of non-ortho nitro benzene ring substituents is 1. The van der Waals surface area contributed by atoms with Crippen LogP contribution in [0.1, 0.15) is 32.3 Å². The van der Waals surface area contributed by atoms with E-state index in [0.717, 1.165) is 11.4 Å². The van der Waals surface area contributed by atoms with Gasteiger partial charge in [0.15, 0.2) is 0 Å². The van der Waals surface area contributed by atoms with Crippen LogP contribution >= 0.6 is 23.5 Å². The zero-order valence-electron chi connectivity index (χ0n) is 30.8. The van der Waals surface area contributed by atoms with Gasteiger partial charge in [-0.1, -0.05) is 6.92 Å². The topological polar surface area (TPSA) is 204 Å². The number of imide groups is 1. The Hall–Kier alpha value is -3.91. The largest absolute Gasteiger partial charge is 0.477 e. The van der Waals surface area contributed by atoms with Crippen molar-refractivity contribution < 1.29 is 48.6 Å². The molecule has 17 nitrogen and oxygen atoms in total. The van der Waals surface area contributed by atoms with E-state index in [0.29, 0.717) is 61.2 Å². The second kappa shape index (κ2) is 18.1. The summed E-state index contributed by atoms with van der Waals surface area (Å²) in [4.78, 5) is 83.7. The number of carbonyl (C=O) groups is 5. The normalized spacial score (nSPS) is 24.6. The monoisotopic (exact) mass is 792 g/mol. The number of fused-ring (bicyclic) bond motifs is 1. The molecule has 0 radical (unpaired) electrons. The Morgan fingerprint density at radius 2 is 1.81 bits per heavy atom. The molecule has 1 aromatic carbocycles. The highest BCUT2D eigenvalue weighted by molar-refractivity contribution is 8.03. The lowest BCUT2D eigenvalue weighted by molar-refractivity contribution is -0.384. The Morgan fingerprint density at radius 1 is 1.13 bits per heavy atom. The third-order valence-electron chi connectivity index (χ3n) is 10.4. The summed E-state index contributed by atoms with van der Waals surface area (Å²) in [5.74, 6) is -2.16. The van der Waals surface area contributed by atoms with Crippen LogP contribution in [-0.4, -0.2) is 165 Å². The van der Waals surface area contributed by atoms with Crippen LogP contribution in [0.2, 0.25) is 0 Å². The summed E-state index contributed by atoms with van der Waals surface area (Å²) in [6.07, 6.45) is -0.945. The molecule has 0 bridgehead atoms. The third kappa shape index (κ3) is 9.13. The van der Waals surface area contributed by atoms with Crippen LogP contribution in [0.4, 0.5) is 15.3 Å². The number of nitro groups is 1. The van der Waals surface area contributed by atoms with Gasteiger partial charge in [-0.15, -0.1) is 11.8 Å². The van der Waals surface area contributed by atoms with Crippen LogP contribution in [0.15, 0.2) is 34.9 Å². The number of aliphatic hydroxyl groups is 1. The Kier molecular flexibility index (Phi) is 13.9. The van der Waals surface area contributed by atoms with E-state index in [1.54, 1.807) is 16.9 Å². The number of piperazine rings is 1. The number of urea groups is 1. The summed E-state index contributed by atoms with van der Waals surface area (Å²) in [7, 11) is 3.13. The van der Waals surface area contributed by atoms with Crippen molar-refractivity contribution in [3.8, 4) is 0 Å². The molecule has 0 spiro atoms. The second-order valence-electron chi connectivity index (χ2n) is 13.9. The van der Waals surface area contributed by atoms with Gasteiger partial charge in [-0.25, -0.2) is 14.4 Å². The van der Waals surface area contributed by atoms with Crippen molar-refractivity contribution in [2.75, 3.05) is 71.5 Å². The number of benzene rings is 1. The number of thioether (sulfide) groups is 2. The smallest absolute Gasteiger partial charge is 0.410 e. The number of aliphatic hydroxyl groups excluding tert-OH is 1. The number of β-lactam (4-membered cyclic amide) rings is 1. The highest BCUT2D eigenvalue weighted by Crippen LogP contribution is 2.52. The molecule has 3 fully saturated rings. The van der Waals surface area contributed by atoms with Gasteiger partial charge in [0, 0.05) is 106 Å². The molecule has 0 aromatic heterocycles. The highest BCUT2D eigenvalue weighted by Gasteiger charge is 2.60. The standard InChI is InChI=1S/C35H48N6O11S2/c1-21-29-28(22(2)42)32(44)40(29)30(33(45)46)31(21)54-26-17-25(39(18-26)35(48)52-19-23-5-7-24(8-6-23)41(49)50)20-53-16-9-27(43)36(3)34(47)38-12-10-37(11-13-38)14-15-51-4/h5-8,21-22,25-26,28-29,42H,9-20H2,1-4H3,(H,45,46)/t21-,22?,25+,26+,28+,29-/m1/s1. The van der Waals surface area contributed by atoms with E-state index in [4.69, 9.17) is 9.47 Å². The molecule has 5 rings (SSSR count). The number of carboxylic acid groups (broad SMARTS) is 1. The summed E-state index contributed by atoms with van der Waals surface area (Å²) in [6.45, 7) is 7.31. The first kappa shape index (κ1) is 41.3. The maximum atomic E-state index is 13.5. The molecular formula is C35H48N6O11S2. The zero-order chi connectivity index (χ0) is 39.3. The lowest BCUT2D eigenvalue weighted by atomic mass is 9.79. The van der Waals surface area contributed by atoms with Gasteiger partial charge in [0.25, 0.3) is 5.69 Å². The number of hydrogen-bond donors (Lipinski definition) is 2. The van der Waals surface area contributed by atoms with Crippen LogP contribution in [0.25, 0.3) is 0 Å². The first-order valence-corrected chi connectivity index (χ1v) is 19.9. The summed E-state index contributed by atoms with van der Waals surface area (Å²) < 4.78 is 10.8. The Bertz CT molecular complexity index is 1620. The van der Waals surface area contributed by atoms with Gasteiger partial charge in [-0.2, -0.15) is 11.8 Å². The molecule has 4 heterocycles. The molecule has 2 N–H and O–H groups in total. The fourth-order valence-electron chi connectivity index (χ4n) is 7.39. The maximum Gasteiger partial charge on any atom is 0.410 e. The van der Waals surface area contributed by atoms with E-state index in [9.17, 15) is 44.3 Å². The summed E-state index contributed by atoms with van der Waals surface area (Å²) in [5.41, 5.74) is 0.386. The van der Waals surface area contributed by atoms with Crippen LogP contribution in [-0.2, 0) is 30.5 Å². The molecule has 296 valence electrons. The van der Waals surface area contributed by atoms with Crippen molar-refractivity contribution in [1.82, 2.24) is 24.5 Å². The molecular weight excluding hydrogens is 745 g/mol. The van der Waals surface area contributed by atoms with Gasteiger partial charge in [0.2, 0.25) is 11.8 Å². The Morgan fingerprint density at radius 3 is 2.43 bits per heavy atom. The fourth-order valence-corrected chi connectivity index (χ4v) is 10.0. The number of methoxy groups -OCH3 is 1. The zero-order valence-corrected chi connectivity index (χ0v) is 32.5. The maximum absolute atomic E-state index is 13.5. The minimum atomic E-state index is -1.23. The number of nitrogens with zero attached hydrogens (tertiary/aromatic N) is 6. The number of hydrogen-bond acceptors (Lipinski definition) is 13. The molecule has 0 aliphatic carbocycles. The van der Waals surface area contributed by atoms with Crippen LogP contribution in [0.5, 0.6) is 0 Å². The number of likely N-dealkylation sites (tertiary alicyclic amines) is 1. The molecule has 54 heavy (non-hydrogen) atoms. The number of rotatable bonds is 15. The second-order valence-corrected chi connectivity index (χ2v) is 16.4. The van der Waals surface area contributed by atoms with Crippen molar-refractivity contribution in [3.05, 3.63) is 50.5 Å². The van der Waals surface area contributed by atoms with Crippen LogP contribution in [0.3, 0.4) is 0 Å². The first-order valence-electron chi connectivity index (χ1n) is 17.9. The number of amides is 5. The van der Waals surface area contributed by atoms with Crippen molar-refractivity contribution in [2.24, 2.45) is 11.8 Å². The predicted molar refractivity (Wildman–Crippen MR) is 199 cm³/mol. The highest BCUT2D eigenvalue weighted by atomic mass is 32.2. The molecule has 3 saturated heterocycles. The molecule has 5 amide bonds. The average molecular weight is 793 g/mol. The fraction of sp³-hybridized carbons (Fsp3) is 0.629. The summed E-state index contributed by atoms with van der Waals surface area (Å²) in [6, 6.07) is 4.54. The van der Waals surface area contributed by atoms with Gasteiger partial charge in [0.05, 0.1) is 29.6 Å². The Balaban J connectivity index is 1.20. The van der Waals surface area contributed by atoms with Gasteiger partial charge >= 0.3 is 18.1 Å². The van der Waals surface area contributed by atoms with Crippen molar-refractivity contribution in [2.45, 2.75) is 56.7 Å². The number of nitro benzene ring substituents is 1. The average Bonchev–Trinajstić information content (AvgIpc) is 3.66. The van der Waals surface area contributed by atoms with E-state index in [1.807, 2.05) is 6.92 Å². The number of carboxylic acids is 1. The van der Waals surface area contributed by atoms with E-state index in [1.165, 1.54) is 66.7 Å². The first-order chi connectivity index (χ1) is 25.7. The molecule has 1 aromatic rings. The number of carbonyl (C=O) groups excluding carboxylic acids is 4. The van der Waals surface area contributed by atoms with E-state index in [2.05, 4.69) is 4.90 Å². The molecule has 0 saturated carbocycles. The number of ether oxygens (including phenoxy) is 2. The summed E-state index contributed by atoms with van der Waals surface area (Å²) >= 11 is 2.78. The van der Waals surface area contributed by atoms with E-state index in [-0.39, 0.29) is 60.1 Å².